The second-order valence-electron chi connectivity index (χ2n) is 4.82. The van der Waals surface area contributed by atoms with Gasteiger partial charge in [-0.15, -0.1) is 0 Å². The third-order valence-electron chi connectivity index (χ3n) is 3.64. The minimum atomic E-state index is 1.04. The van der Waals surface area contributed by atoms with E-state index in [1.807, 2.05) is 0 Å². The molecule has 0 atom stereocenters. The first-order chi connectivity index (χ1) is 6.86. The average Bonchev–Trinajstić information content (AvgIpc) is 2.21. The third kappa shape index (κ3) is 4.30. The Balaban J connectivity index is 2.09. The first-order valence-electron chi connectivity index (χ1n) is 6.48. The van der Waals surface area contributed by atoms with Crippen LogP contribution in [0.15, 0.2) is 12.2 Å². The van der Waals surface area contributed by atoms with Crippen LogP contribution in [0.3, 0.4) is 0 Å². The molecule has 1 aliphatic carbocycles. The first-order valence-corrected chi connectivity index (χ1v) is 6.48. The summed E-state index contributed by atoms with van der Waals surface area (Å²) in [5.41, 5.74) is 0. The maximum Gasteiger partial charge on any atom is -0.0348 e. The maximum absolute atomic E-state index is 2.32. The molecule has 1 aliphatic rings. The summed E-state index contributed by atoms with van der Waals surface area (Å²) >= 11 is 0. The van der Waals surface area contributed by atoms with E-state index >= 15 is 0 Å². The number of rotatable bonds is 5. The van der Waals surface area contributed by atoms with Crippen molar-refractivity contribution in [1.29, 1.82) is 0 Å². The number of allylic oxidation sites excluding steroid dienone is 2. The number of hydrogen-bond acceptors (Lipinski definition) is 0. The zero-order valence-corrected chi connectivity index (χ0v) is 9.97. The maximum atomic E-state index is 2.32. The lowest BCUT2D eigenvalue weighted by Crippen LogP contribution is -2.14. The fourth-order valence-electron chi connectivity index (χ4n) is 2.72. The van der Waals surface area contributed by atoms with Crippen LogP contribution in [0.5, 0.6) is 0 Å². The van der Waals surface area contributed by atoms with Crippen LogP contribution in [-0.2, 0) is 0 Å². The van der Waals surface area contributed by atoms with Gasteiger partial charge in [0.15, 0.2) is 0 Å². The van der Waals surface area contributed by atoms with Crippen molar-refractivity contribution < 1.29 is 0 Å². The fourth-order valence-corrected chi connectivity index (χ4v) is 2.72. The Morgan fingerprint density at radius 1 is 1.00 bits per heavy atom. The van der Waals surface area contributed by atoms with Crippen molar-refractivity contribution in [2.75, 3.05) is 0 Å². The van der Waals surface area contributed by atoms with Crippen LogP contribution in [0.2, 0.25) is 0 Å². The molecule has 1 rings (SSSR count). The van der Waals surface area contributed by atoms with Gasteiger partial charge >= 0.3 is 0 Å². The highest BCUT2D eigenvalue weighted by Gasteiger charge is 2.19. The zero-order chi connectivity index (χ0) is 10.2. The van der Waals surface area contributed by atoms with Gasteiger partial charge in [0.2, 0.25) is 0 Å². The van der Waals surface area contributed by atoms with Crippen LogP contribution in [0.1, 0.15) is 65.2 Å². The predicted molar refractivity (Wildman–Crippen MR) is 64.4 cm³/mol. The van der Waals surface area contributed by atoms with Crippen LogP contribution in [-0.4, -0.2) is 0 Å². The predicted octanol–water partition coefficient (Wildman–Crippen LogP) is 4.95. The van der Waals surface area contributed by atoms with Crippen LogP contribution in [0.4, 0.5) is 0 Å². The summed E-state index contributed by atoms with van der Waals surface area (Å²) in [7, 11) is 0. The van der Waals surface area contributed by atoms with Gasteiger partial charge in [0, 0.05) is 0 Å². The fraction of sp³-hybridized carbons (Fsp3) is 0.857. The second kappa shape index (κ2) is 7.09. The molecule has 0 amide bonds. The zero-order valence-electron chi connectivity index (χ0n) is 9.97. The van der Waals surface area contributed by atoms with Gasteiger partial charge < -0.3 is 0 Å². The smallest absolute Gasteiger partial charge is 0.0348 e. The molecule has 1 saturated carbocycles. The van der Waals surface area contributed by atoms with Crippen molar-refractivity contribution in [2.24, 2.45) is 11.8 Å². The molecule has 0 heteroatoms. The summed E-state index contributed by atoms with van der Waals surface area (Å²) in [6, 6.07) is 0. The van der Waals surface area contributed by atoms with Gasteiger partial charge in [-0.05, 0) is 31.6 Å². The van der Waals surface area contributed by atoms with Gasteiger partial charge in [0.05, 0.1) is 0 Å². The molecule has 0 nitrogen and oxygen atoms in total. The normalized spacial score (nSPS) is 28.4. The van der Waals surface area contributed by atoms with Crippen molar-refractivity contribution in [2.45, 2.75) is 65.2 Å². The van der Waals surface area contributed by atoms with E-state index in [0.29, 0.717) is 0 Å². The van der Waals surface area contributed by atoms with E-state index in [1.54, 1.807) is 0 Å². The summed E-state index contributed by atoms with van der Waals surface area (Å²) in [6.07, 6.45) is 16.1. The highest BCUT2D eigenvalue weighted by molar-refractivity contribution is 4.80. The Hall–Kier alpha value is -0.260. The molecule has 0 bridgehead atoms. The molecule has 0 aromatic heterocycles. The van der Waals surface area contributed by atoms with E-state index < -0.39 is 0 Å². The molecular formula is C14H26. The topological polar surface area (TPSA) is 0 Å². The molecule has 0 radical (unpaired) electrons. The van der Waals surface area contributed by atoms with Gasteiger partial charge in [-0.25, -0.2) is 0 Å². The van der Waals surface area contributed by atoms with E-state index in [-0.39, 0.29) is 0 Å². The average molecular weight is 194 g/mol. The van der Waals surface area contributed by atoms with Crippen molar-refractivity contribution in [3.63, 3.8) is 0 Å². The molecule has 14 heavy (non-hydrogen) atoms. The highest BCUT2D eigenvalue weighted by Crippen LogP contribution is 2.33. The van der Waals surface area contributed by atoms with Gasteiger partial charge in [0.25, 0.3) is 0 Å². The minimum Gasteiger partial charge on any atom is -0.0917 e. The highest BCUT2D eigenvalue weighted by atomic mass is 14.2. The summed E-state index contributed by atoms with van der Waals surface area (Å²) in [4.78, 5) is 0. The Morgan fingerprint density at radius 3 is 2.07 bits per heavy atom. The van der Waals surface area contributed by atoms with Crippen LogP contribution >= 0.6 is 0 Å². The monoisotopic (exact) mass is 194 g/mol. The quantitative estimate of drug-likeness (QED) is 0.543. The Labute approximate surface area is 89.8 Å². The summed E-state index contributed by atoms with van der Waals surface area (Å²) in [5.74, 6) is 2.11. The lowest BCUT2D eigenvalue weighted by Gasteiger charge is -2.28. The molecule has 0 aromatic rings. The molecular weight excluding hydrogens is 168 g/mol. The lowest BCUT2D eigenvalue weighted by molar-refractivity contribution is 0.253. The molecule has 0 heterocycles. The van der Waals surface area contributed by atoms with Gasteiger partial charge in [-0.2, -0.15) is 0 Å². The van der Waals surface area contributed by atoms with Gasteiger partial charge in [0.1, 0.15) is 0 Å². The first kappa shape index (κ1) is 11.8. The molecule has 0 unspecified atom stereocenters. The second-order valence-corrected chi connectivity index (χ2v) is 4.82. The van der Waals surface area contributed by atoms with Gasteiger partial charge in [-0.1, -0.05) is 57.6 Å². The molecule has 0 spiro atoms. The minimum absolute atomic E-state index is 1.04. The van der Waals surface area contributed by atoms with Crippen LogP contribution in [0.25, 0.3) is 0 Å². The van der Waals surface area contributed by atoms with E-state index in [1.165, 1.54) is 51.4 Å². The Morgan fingerprint density at radius 2 is 1.57 bits per heavy atom. The van der Waals surface area contributed by atoms with Crippen molar-refractivity contribution in [1.82, 2.24) is 0 Å². The Kier molecular flexibility index (Phi) is 5.98. The lowest BCUT2D eigenvalue weighted by atomic mass is 9.78. The van der Waals surface area contributed by atoms with Crippen molar-refractivity contribution >= 4 is 0 Å². The summed E-state index contributed by atoms with van der Waals surface area (Å²) in [6.45, 7) is 4.44. The summed E-state index contributed by atoms with van der Waals surface area (Å²) < 4.78 is 0. The van der Waals surface area contributed by atoms with E-state index in [4.69, 9.17) is 0 Å². The standard InChI is InChI=1S/C14H26/c1-3-5-6-8-14-11-9-13(7-4-2)10-12-14/h3,5,13-14H,4,6-12H2,1-2H3/b5-3+. The van der Waals surface area contributed by atoms with E-state index in [9.17, 15) is 0 Å². The Bertz CT molecular complexity index is 149. The van der Waals surface area contributed by atoms with Crippen molar-refractivity contribution in [3.05, 3.63) is 12.2 Å². The molecule has 0 N–H and O–H groups in total. The molecule has 0 saturated heterocycles. The van der Waals surface area contributed by atoms with Gasteiger partial charge in [-0.3, -0.25) is 0 Å². The third-order valence-corrected chi connectivity index (χ3v) is 3.64. The van der Waals surface area contributed by atoms with Crippen molar-refractivity contribution in [3.8, 4) is 0 Å². The van der Waals surface area contributed by atoms with Crippen LogP contribution < -0.4 is 0 Å². The SMILES string of the molecule is C/C=C/CCC1CCC(CCC)CC1. The van der Waals surface area contributed by atoms with Crippen LogP contribution in [0, 0.1) is 11.8 Å². The largest absolute Gasteiger partial charge is 0.0917 e. The van der Waals surface area contributed by atoms with E-state index in [0.717, 1.165) is 11.8 Å². The molecule has 0 aliphatic heterocycles. The number of hydrogen-bond donors (Lipinski definition) is 0. The molecule has 1 fully saturated rings. The summed E-state index contributed by atoms with van der Waals surface area (Å²) in [5, 5.41) is 0. The molecule has 0 aromatic carbocycles. The van der Waals surface area contributed by atoms with E-state index in [2.05, 4.69) is 26.0 Å². The molecule has 82 valence electrons.